The molecule has 0 saturated heterocycles. The zero-order valence-electron chi connectivity index (χ0n) is 14.2. The fourth-order valence-electron chi connectivity index (χ4n) is 2.97. The van der Waals surface area contributed by atoms with E-state index in [1.54, 1.807) is 30.3 Å². The number of fused-ring (bicyclic) bond motifs is 1. The maximum Gasteiger partial charge on any atom is 0.263 e. The van der Waals surface area contributed by atoms with Gasteiger partial charge >= 0.3 is 0 Å². The number of carbonyl (C=O) groups excluding carboxylic acids is 2. The second-order valence-corrected chi connectivity index (χ2v) is 7.57. The molecule has 2 aromatic rings. The Bertz CT molecular complexity index is 760. The van der Waals surface area contributed by atoms with Crippen LogP contribution in [0.15, 0.2) is 22.6 Å². The van der Waals surface area contributed by atoms with Crippen molar-refractivity contribution in [3.8, 4) is 0 Å². The quantitative estimate of drug-likeness (QED) is 0.926. The molecule has 2 aromatic heterocycles. The van der Waals surface area contributed by atoms with Crippen molar-refractivity contribution in [1.29, 1.82) is 0 Å². The van der Waals surface area contributed by atoms with Crippen molar-refractivity contribution in [1.82, 2.24) is 10.2 Å². The summed E-state index contributed by atoms with van der Waals surface area (Å²) in [7, 11) is 3.52. The highest BCUT2D eigenvalue weighted by molar-refractivity contribution is 7.14. The van der Waals surface area contributed by atoms with Gasteiger partial charge in [0.05, 0.1) is 11.4 Å². The summed E-state index contributed by atoms with van der Waals surface area (Å²) in [5.74, 6) is 1.67. The van der Waals surface area contributed by atoms with E-state index in [9.17, 15) is 9.59 Å². The van der Waals surface area contributed by atoms with Crippen molar-refractivity contribution in [2.75, 3.05) is 14.1 Å². The summed E-state index contributed by atoms with van der Waals surface area (Å²) in [4.78, 5) is 28.1. The molecular weight excluding hydrogens is 324 g/mol. The van der Waals surface area contributed by atoms with Gasteiger partial charge < -0.3 is 14.6 Å². The van der Waals surface area contributed by atoms with Crippen molar-refractivity contribution >= 4 is 23.2 Å². The van der Waals surface area contributed by atoms with E-state index in [4.69, 9.17) is 4.42 Å². The first-order chi connectivity index (χ1) is 11.4. The summed E-state index contributed by atoms with van der Waals surface area (Å²) in [6, 6.07) is 5.73. The molecule has 2 heterocycles. The van der Waals surface area contributed by atoms with Gasteiger partial charge in [0.2, 0.25) is 5.91 Å². The lowest BCUT2D eigenvalue weighted by molar-refractivity contribution is -0.125. The summed E-state index contributed by atoms with van der Waals surface area (Å²) in [5, 5.41) is 2.96. The Kier molecular flexibility index (Phi) is 4.76. The van der Waals surface area contributed by atoms with E-state index in [1.165, 1.54) is 4.88 Å². The van der Waals surface area contributed by atoms with Crippen LogP contribution >= 0.6 is 11.3 Å². The van der Waals surface area contributed by atoms with Crippen LogP contribution in [0.5, 0.6) is 0 Å². The van der Waals surface area contributed by atoms with Crippen LogP contribution in [0.4, 0.5) is 0 Å². The summed E-state index contributed by atoms with van der Waals surface area (Å²) in [6.07, 6.45) is 2.39. The average molecular weight is 346 g/mol. The molecule has 0 aliphatic heterocycles. The van der Waals surface area contributed by atoms with Gasteiger partial charge in [0.1, 0.15) is 11.5 Å². The number of nitrogens with zero attached hydrogens (tertiary/aromatic N) is 1. The summed E-state index contributed by atoms with van der Waals surface area (Å²) in [5.41, 5.74) is 1.14. The molecule has 1 aliphatic rings. The summed E-state index contributed by atoms with van der Waals surface area (Å²) >= 11 is 1.56. The van der Waals surface area contributed by atoms with Crippen LogP contribution in [-0.4, -0.2) is 30.8 Å². The van der Waals surface area contributed by atoms with Gasteiger partial charge in [-0.1, -0.05) is 0 Å². The van der Waals surface area contributed by atoms with Gasteiger partial charge in [-0.25, -0.2) is 0 Å². The van der Waals surface area contributed by atoms with Gasteiger partial charge in [0, 0.05) is 24.9 Å². The predicted octanol–water partition coefficient (Wildman–Crippen LogP) is 2.77. The molecule has 0 fully saturated rings. The fourth-order valence-corrected chi connectivity index (χ4v) is 4.20. The molecule has 1 N–H and O–H groups in total. The molecular formula is C18H22N2O3S. The van der Waals surface area contributed by atoms with E-state index >= 15 is 0 Å². The third-order valence-corrected chi connectivity index (χ3v) is 5.53. The lowest BCUT2D eigenvalue weighted by atomic mass is 9.87. The molecule has 0 saturated carbocycles. The third-order valence-electron chi connectivity index (χ3n) is 4.30. The number of amides is 2. The second kappa shape index (κ2) is 6.81. The van der Waals surface area contributed by atoms with Crippen LogP contribution in [0.25, 0.3) is 0 Å². The van der Waals surface area contributed by atoms with E-state index in [1.807, 2.05) is 25.1 Å². The highest BCUT2D eigenvalue weighted by atomic mass is 32.1. The molecule has 1 atom stereocenters. The minimum Gasteiger partial charge on any atom is -0.465 e. The molecule has 128 valence electrons. The van der Waals surface area contributed by atoms with Gasteiger partial charge in [-0.2, -0.15) is 0 Å². The van der Waals surface area contributed by atoms with Crippen molar-refractivity contribution in [2.24, 2.45) is 5.92 Å². The lowest BCUT2D eigenvalue weighted by Gasteiger charge is -2.21. The fraction of sp³-hybridized carbons (Fsp3) is 0.444. The number of furan rings is 1. The number of thiophene rings is 1. The highest BCUT2D eigenvalue weighted by Crippen LogP contribution is 2.33. The van der Waals surface area contributed by atoms with Crippen LogP contribution in [-0.2, 0) is 24.2 Å². The molecule has 1 aliphatic carbocycles. The Morgan fingerprint density at radius 2 is 2.17 bits per heavy atom. The molecule has 0 radical (unpaired) electrons. The number of rotatable bonds is 4. The smallest absolute Gasteiger partial charge is 0.263 e. The van der Waals surface area contributed by atoms with Crippen LogP contribution in [0, 0.1) is 12.8 Å². The first kappa shape index (κ1) is 16.8. The Balaban J connectivity index is 1.61. The highest BCUT2D eigenvalue weighted by Gasteiger charge is 2.27. The number of aryl methyl sites for hydroxylation is 2. The Morgan fingerprint density at radius 1 is 1.38 bits per heavy atom. The Labute approximate surface area is 145 Å². The molecule has 0 unspecified atom stereocenters. The SMILES string of the molecule is Cc1ccc(CNC(=O)[C@@H]2CCc3sc(C(=O)N(C)C)cc3C2)o1. The minimum absolute atomic E-state index is 0.0311. The minimum atomic E-state index is -0.0366. The molecule has 0 spiro atoms. The van der Waals surface area contributed by atoms with Crippen molar-refractivity contribution in [3.05, 3.63) is 45.0 Å². The predicted molar refractivity (Wildman–Crippen MR) is 93.1 cm³/mol. The number of carbonyl (C=O) groups is 2. The van der Waals surface area contributed by atoms with E-state index in [0.29, 0.717) is 13.0 Å². The van der Waals surface area contributed by atoms with Crippen LogP contribution in [0.3, 0.4) is 0 Å². The van der Waals surface area contributed by atoms with Crippen molar-refractivity contribution in [2.45, 2.75) is 32.7 Å². The normalized spacial score (nSPS) is 16.5. The van der Waals surface area contributed by atoms with E-state index < -0.39 is 0 Å². The van der Waals surface area contributed by atoms with E-state index in [-0.39, 0.29) is 17.7 Å². The van der Waals surface area contributed by atoms with Gasteiger partial charge in [-0.05, 0) is 49.9 Å². The number of hydrogen-bond acceptors (Lipinski definition) is 4. The zero-order chi connectivity index (χ0) is 17.3. The third kappa shape index (κ3) is 3.53. The van der Waals surface area contributed by atoms with Crippen molar-refractivity contribution in [3.63, 3.8) is 0 Å². The zero-order valence-corrected chi connectivity index (χ0v) is 15.0. The molecule has 24 heavy (non-hydrogen) atoms. The maximum absolute atomic E-state index is 12.4. The first-order valence-electron chi connectivity index (χ1n) is 8.10. The number of hydrogen-bond donors (Lipinski definition) is 1. The van der Waals surface area contributed by atoms with Gasteiger partial charge in [0.15, 0.2) is 0 Å². The van der Waals surface area contributed by atoms with E-state index in [0.717, 1.165) is 34.8 Å². The average Bonchev–Trinajstić information content (AvgIpc) is 3.16. The molecule has 2 amide bonds. The monoisotopic (exact) mass is 346 g/mol. The second-order valence-electron chi connectivity index (χ2n) is 6.43. The Hall–Kier alpha value is -2.08. The first-order valence-corrected chi connectivity index (χ1v) is 8.92. The van der Waals surface area contributed by atoms with Gasteiger partial charge in [-0.3, -0.25) is 9.59 Å². The summed E-state index contributed by atoms with van der Waals surface area (Å²) in [6.45, 7) is 2.31. The summed E-state index contributed by atoms with van der Waals surface area (Å²) < 4.78 is 5.47. The van der Waals surface area contributed by atoms with Crippen LogP contribution in [0.1, 0.15) is 38.1 Å². The van der Waals surface area contributed by atoms with Crippen molar-refractivity contribution < 1.29 is 14.0 Å². The van der Waals surface area contributed by atoms with E-state index in [2.05, 4.69) is 5.32 Å². The maximum atomic E-state index is 12.4. The van der Waals surface area contributed by atoms with Gasteiger partial charge in [0.25, 0.3) is 5.91 Å². The Morgan fingerprint density at radius 3 is 2.83 bits per heavy atom. The lowest BCUT2D eigenvalue weighted by Crippen LogP contribution is -2.33. The molecule has 6 heteroatoms. The molecule has 0 aromatic carbocycles. The van der Waals surface area contributed by atoms with Crippen LogP contribution in [0.2, 0.25) is 0 Å². The molecule has 0 bridgehead atoms. The number of nitrogens with one attached hydrogen (secondary N) is 1. The largest absolute Gasteiger partial charge is 0.465 e. The standard InChI is InChI=1S/C18H22N2O3S/c1-11-4-6-14(23-11)10-19-17(21)12-5-7-15-13(8-12)9-16(24-15)18(22)20(2)3/h4,6,9,12H,5,7-8,10H2,1-3H3,(H,19,21)/t12-/m1/s1. The molecule has 3 rings (SSSR count). The molecule has 5 nitrogen and oxygen atoms in total. The topological polar surface area (TPSA) is 62.6 Å². The van der Waals surface area contributed by atoms with Gasteiger partial charge in [-0.15, -0.1) is 11.3 Å². The van der Waals surface area contributed by atoms with Crippen LogP contribution < -0.4 is 5.32 Å².